The lowest BCUT2D eigenvalue weighted by atomic mass is 9.96. The van der Waals surface area contributed by atoms with Gasteiger partial charge in [-0.2, -0.15) is 0 Å². The highest BCUT2D eigenvalue weighted by molar-refractivity contribution is 5.66. The number of carbonyl (C=O) groups is 1. The summed E-state index contributed by atoms with van der Waals surface area (Å²) in [6.07, 6.45) is -22.6. The Morgan fingerprint density at radius 1 is 0.517 bits per heavy atom. The van der Waals surface area contributed by atoms with Gasteiger partial charge in [-0.25, -0.2) is 0 Å². The van der Waals surface area contributed by atoms with Crippen molar-refractivity contribution < 1.29 is 98.9 Å². The topological polar surface area (TPSA) is 313 Å². The number of carboxylic acids is 1. The summed E-state index contributed by atoms with van der Waals surface area (Å²) >= 11 is 0. The van der Waals surface area contributed by atoms with Crippen molar-refractivity contribution in [3.05, 3.63) is 0 Å². The van der Waals surface area contributed by atoms with Gasteiger partial charge in [-0.15, -0.1) is 0 Å². The summed E-state index contributed by atoms with van der Waals surface area (Å²) in [7, 11) is 0. The maximum absolute atomic E-state index is 11.4. The zero-order valence-corrected chi connectivity index (χ0v) is 33.7. The number of aliphatic carboxylic acids is 1. The van der Waals surface area contributed by atoms with Gasteiger partial charge in [0.25, 0.3) is 0 Å². The summed E-state index contributed by atoms with van der Waals surface area (Å²) in [5.41, 5.74) is 0. The molecule has 0 spiro atoms. The number of hydrogen-bond donors (Lipinski definition) is 11. The lowest BCUT2D eigenvalue weighted by Gasteiger charge is -2.49. The van der Waals surface area contributed by atoms with E-state index in [4.69, 9.17) is 43.0 Å². The lowest BCUT2D eigenvalue weighted by Crippen LogP contribution is -2.67. The largest absolute Gasteiger partial charge is 0.481 e. The van der Waals surface area contributed by atoms with Crippen LogP contribution < -0.4 is 0 Å². The summed E-state index contributed by atoms with van der Waals surface area (Å²) in [6.45, 7) is 5.59. The molecular weight excluding hydrogens is 776 g/mol. The van der Waals surface area contributed by atoms with E-state index in [1.54, 1.807) is 6.92 Å². The molecule has 0 aromatic rings. The zero-order valence-electron chi connectivity index (χ0n) is 33.7. The first-order valence-corrected chi connectivity index (χ1v) is 20.7. The predicted octanol–water partition coefficient (Wildman–Crippen LogP) is -1.88. The van der Waals surface area contributed by atoms with Crippen LogP contribution >= 0.6 is 0 Å². The van der Waals surface area contributed by atoms with Crippen molar-refractivity contribution in [2.45, 2.75) is 227 Å². The smallest absolute Gasteiger partial charge is 0.303 e. The third kappa shape index (κ3) is 12.7. The van der Waals surface area contributed by atoms with Crippen molar-refractivity contribution in [1.29, 1.82) is 0 Å². The van der Waals surface area contributed by atoms with E-state index in [0.29, 0.717) is 19.3 Å². The number of rotatable bonds is 21. The highest BCUT2D eigenvalue weighted by Gasteiger charge is 2.55. The minimum atomic E-state index is -1.88. The van der Waals surface area contributed by atoms with Crippen molar-refractivity contribution in [3.8, 4) is 0 Å². The standard InChI is InChI=1S/C38H68O20/c1-5-13-20(14-11-9-7-6-8-10-12-15-22(40)41)54-37-33(28(47)24(43)18(3)53-37)58-38-34(29(48)26(45)21(16-39)55-38)57-36-31(50)32(25(44)19(4)52-36)56-35-30(49)27(46)23(42)17(2)51-35/h17-21,23-39,42-50H,5-16H2,1-4H3,(H,40,41)/t17-,18+,19-,20-,21+,23-,24+,25-,26+,27+,28-,29-,30+,31+,32+,33+,34+,35-,36-,37-,38-/m0/s1. The molecule has 21 atom stereocenters. The van der Waals surface area contributed by atoms with Crippen molar-refractivity contribution in [3.63, 3.8) is 0 Å². The Labute approximate surface area is 338 Å². The van der Waals surface area contributed by atoms with Gasteiger partial charge in [-0.05, 0) is 40.0 Å². The van der Waals surface area contributed by atoms with Crippen LogP contribution in [0.5, 0.6) is 0 Å². The van der Waals surface area contributed by atoms with E-state index < -0.39 is 135 Å². The molecule has 20 heteroatoms. The molecule has 4 aliphatic rings. The number of unbranched alkanes of at least 4 members (excludes halogenated alkanes) is 6. The second-order valence-corrected chi connectivity index (χ2v) is 16.0. The average Bonchev–Trinajstić information content (AvgIpc) is 3.18. The summed E-state index contributed by atoms with van der Waals surface area (Å²) in [5, 5.41) is 116. The van der Waals surface area contributed by atoms with E-state index in [9.17, 15) is 55.9 Å². The van der Waals surface area contributed by atoms with Crippen LogP contribution in [0.2, 0.25) is 0 Å². The molecule has 0 aromatic carbocycles. The van der Waals surface area contributed by atoms with E-state index >= 15 is 0 Å². The molecule has 4 fully saturated rings. The van der Waals surface area contributed by atoms with Gasteiger partial charge >= 0.3 is 5.97 Å². The molecule has 58 heavy (non-hydrogen) atoms. The Bertz CT molecular complexity index is 1200. The molecule has 0 saturated carbocycles. The number of ether oxygens (including phenoxy) is 8. The van der Waals surface area contributed by atoms with Crippen molar-refractivity contribution >= 4 is 5.97 Å². The second kappa shape index (κ2) is 23.3. The third-order valence-corrected chi connectivity index (χ3v) is 11.4. The van der Waals surface area contributed by atoms with E-state index in [0.717, 1.165) is 44.9 Å². The molecule has 340 valence electrons. The van der Waals surface area contributed by atoms with Gasteiger partial charge in [0, 0.05) is 6.42 Å². The summed E-state index contributed by atoms with van der Waals surface area (Å²) < 4.78 is 47.4. The number of hydrogen-bond acceptors (Lipinski definition) is 19. The van der Waals surface area contributed by atoms with Crippen LogP contribution in [-0.4, -0.2) is 198 Å². The highest BCUT2D eigenvalue weighted by Crippen LogP contribution is 2.35. The first-order chi connectivity index (χ1) is 27.5. The van der Waals surface area contributed by atoms with Crippen LogP contribution in [0, 0.1) is 0 Å². The third-order valence-electron chi connectivity index (χ3n) is 11.4. The number of carboxylic acid groups (broad SMARTS) is 1. The Morgan fingerprint density at radius 3 is 1.60 bits per heavy atom. The molecule has 0 unspecified atom stereocenters. The fourth-order valence-corrected chi connectivity index (χ4v) is 7.75. The van der Waals surface area contributed by atoms with E-state index in [-0.39, 0.29) is 12.5 Å². The Balaban J connectivity index is 1.48. The quantitative estimate of drug-likeness (QED) is 0.0564. The monoisotopic (exact) mass is 844 g/mol. The maximum Gasteiger partial charge on any atom is 0.303 e. The molecule has 4 aliphatic heterocycles. The van der Waals surface area contributed by atoms with Crippen LogP contribution in [0.15, 0.2) is 0 Å². The highest BCUT2D eigenvalue weighted by atomic mass is 16.8. The van der Waals surface area contributed by atoms with E-state index in [2.05, 4.69) is 0 Å². The summed E-state index contributed by atoms with van der Waals surface area (Å²) in [6, 6.07) is 0. The minimum absolute atomic E-state index is 0.167. The fraction of sp³-hybridized carbons (Fsp3) is 0.974. The Hall–Kier alpha value is -1.25. The lowest BCUT2D eigenvalue weighted by molar-refractivity contribution is -0.399. The molecule has 11 N–H and O–H groups in total. The van der Waals surface area contributed by atoms with Crippen LogP contribution in [0.25, 0.3) is 0 Å². The van der Waals surface area contributed by atoms with Crippen LogP contribution in [0.4, 0.5) is 0 Å². The molecule has 0 aromatic heterocycles. The van der Waals surface area contributed by atoms with Gasteiger partial charge in [0.05, 0.1) is 31.0 Å². The van der Waals surface area contributed by atoms with Gasteiger partial charge < -0.3 is 94.1 Å². The van der Waals surface area contributed by atoms with E-state index in [1.165, 1.54) is 13.8 Å². The van der Waals surface area contributed by atoms with Crippen molar-refractivity contribution in [1.82, 2.24) is 0 Å². The first-order valence-electron chi connectivity index (χ1n) is 20.7. The molecule has 4 saturated heterocycles. The van der Waals surface area contributed by atoms with Crippen LogP contribution in [0.1, 0.15) is 98.3 Å². The van der Waals surface area contributed by atoms with Gasteiger partial charge in [-0.3, -0.25) is 4.79 Å². The molecule has 4 rings (SSSR count). The van der Waals surface area contributed by atoms with Crippen molar-refractivity contribution in [2.75, 3.05) is 6.61 Å². The van der Waals surface area contributed by atoms with Crippen LogP contribution in [-0.2, 0) is 42.7 Å². The zero-order chi connectivity index (χ0) is 42.8. The summed E-state index contributed by atoms with van der Waals surface area (Å²) in [5.74, 6) is -0.794. The molecule has 0 aliphatic carbocycles. The normalized spacial score (nSPS) is 44.2. The van der Waals surface area contributed by atoms with Gasteiger partial charge in [0.2, 0.25) is 0 Å². The molecule has 0 amide bonds. The Kier molecular flexibility index (Phi) is 19.8. The number of aliphatic hydroxyl groups excluding tert-OH is 10. The SMILES string of the molecule is CCC[C@@H](CCCCCCCCCC(=O)O)O[C@@H]1O[C@H](C)[C@@H](O)[C@H](O)[C@H]1O[C@@H]1O[C@H](CO)[C@@H](O)[C@H](O)[C@H]1O[C@@H]1O[C@@H](C)[C@H](O)[C@@H](O[C@@H]2O[C@@H](C)[C@H](O)[C@@H](O)[C@H]2O)[C@H]1O. The van der Waals surface area contributed by atoms with Gasteiger partial charge in [0.1, 0.15) is 79.4 Å². The molecule has 0 radical (unpaired) electrons. The molecule has 0 bridgehead atoms. The average molecular weight is 845 g/mol. The molecular formula is C38H68O20. The molecule has 4 heterocycles. The van der Waals surface area contributed by atoms with Gasteiger partial charge in [0.15, 0.2) is 25.2 Å². The first kappa shape index (κ1) is 49.4. The van der Waals surface area contributed by atoms with E-state index in [1.807, 2.05) is 6.92 Å². The summed E-state index contributed by atoms with van der Waals surface area (Å²) in [4.78, 5) is 10.7. The number of aliphatic hydroxyl groups is 10. The second-order valence-electron chi connectivity index (χ2n) is 16.0. The van der Waals surface area contributed by atoms with Crippen LogP contribution in [0.3, 0.4) is 0 Å². The maximum atomic E-state index is 11.4. The van der Waals surface area contributed by atoms with Crippen molar-refractivity contribution in [2.24, 2.45) is 0 Å². The Morgan fingerprint density at radius 2 is 1.00 bits per heavy atom. The fourth-order valence-electron chi connectivity index (χ4n) is 7.75. The van der Waals surface area contributed by atoms with Gasteiger partial charge in [-0.1, -0.05) is 51.9 Å². The predicted molar refractivity (Wildman–Crippen MR) is 196 cm³/mol. The molecule has 20 nitrogen and oxygen atoms in total. The minimum Gasteiger partial charge on any atom is -0.481 e.